The number of hydrogen-bond donors (Lipinski definition) is 1. The van der Waals surface area contributed by atoms with Gasteiger partial charge in [0.1, 0.15) is 5.76 Å². The summed E-state index contributed by atoms with van der Waals surface area (Å²) in [6.45, 7) is 8.71. The second-order valence-corrected chi connectivity index (χ2v) is 6.68. The van der Waals surface area contributed by atoms with Crippen molar-refractivity contribution >= 4 is 11.7 Å². The van der Waals surface area contributed by atoms with Gasteiger partial charge in [0, 0.05) is 18.8 Å². The van der Waals surface area contributed by atoms with E-state index in [1.807, 2.05) is 17.8 Å². The highest BCUT2D eigenvalue weighted by Crippen LogP contribution is 2.29. The third kappa shape index (κ3) is 4.10. The van der Waals surface area contributed by atoms with Crippen LogP contribution in [-0.2, 0) is 11.3 Å². The molecule has 0 aliphatic carbocycles. The average molecular weight is 345 g/mol. The quantitative estimate of drug-likeness (QED) is 0.871. The molecule has 0 radical (unpaired) electrons. The summed E-state index contributed by atoms with van der Waals surface area (Å²) in [6, 6.07) is 1.61. The number of aromatic nitrogens is 3. The Labute approximate surface area is 148 Å². The zero-order valence-electron chi connectivity index (χ0n) is 15.2. The fourth-order valence-corrected chi connectivity index (χ4v) is 3.55. The van der Waals surface area contributed by atoms with Gasteiger partial charge in [-0.25, -0.2) is 0 Å². The molecule has 0 saturated carbocycles. The van der Waals surface area contributed by atoms with Gasteiger partial charge in [0.15, 0.2) is 5.82 Å². The van der Waals surface area contributed by atoms with E-state index in [2.05, 4.69) is 40.5 Å². The summed E-state index contributed by atoms with van der Waals surface area (Å²) in [7, 11) is 0. The van der Waals surface area contributed by atoms with E-state index in [-0.39, 0.29) is 11.9 Å². The molecule has 1 N–H and O–H groups in total. The largest absolute Gasteiger partial charge is 0.360 e. The van der Waals surface area contributed by atoms with E-state index in [0.717, 1.165) is 38.9 Å². The van der Waals surface area contributed by atoms with Crippen molar-refractivity contribution in [3.63, 3.8) is 0 Å². The van der Waals surface area contributed by atoms with E-state index >= 15 is 0 Å². The highest BCUT2D eigenvalue weighted by Gasteiger charge is 2.30. The molecule has 1 unspecified atom stereocenters. The number of aryl methyl sites for hydroxylation is 2. The summed E-state index contributed by atoms with van der Waals surface area (Å²) in [5.74, 6) is 1.71. The lowest BCUT2D eigenvalue weighted by molar-refractivity contribution is -0.121. The third-order valence-electron chi connectivity index (χ3n) is 4.99. The lowest BCUT2D eigenvalue weighted by atomic mass is 9.90. The van der Waals surface area contributed by atoms with Crippen molar-refractivity contribution in [2.45, 2.75) is 58.5 Å². The Hall–Kier alpha value is -2.15. The number of rotatable bonds is 6. The van der Waals surface area contributed by atoms with Gasteiger partial charge in [-0.15, -0.1) is 0 Å². The standard InChI is InChI=1S/C18H27N5O2/c1-4-16(18(24)20-17-10-13(3)25-21-17)22-8-6-14(7-9-22)15-11-19-23(5-2)12-15/h10-12,14,16H,4-9H2,1-3H3,(H,20,21,24). The van der Waals surface area contributed by atoms with Gasteiger partial charge in [-0.3, -0.25) is 14.4 Å². The first-order valence-corrected chi connectivity index (χ1v) is 9.11. The number of carbonyl (C=O) groups is 1. The van der Waals surface area contributed by atoms with Crippen LogP contribution in [0.15, 0.2) is 23.0 Å². The maximum atomic E-state index is 12.6. The number of nitrogens with zero attached hydrogens (tertiary/aromatic N) is 4. The molecule has 1 saturated heterocycles. The van der Waals surface area contributed by atoms with Crippen molar-refractivity contribution in [3.8, 4) is 0 Å². The number of amides is 1. The summed E-state index contributed by atoms with van der Waals surface area (Å²) >= 11 is 0. The van der Waals surface area contributed by atoms with Crippen LogP contribution in [-0.4, -0.2) is 44.9 Å². The van der Waals surface area contributed by atoms with Crippen LogP contribution < -0.4 is 5.32 Å². The lowest BCUT2D eigenvalue weighted by Crippen LogP contribution is -2.47. The second-order valence-electron chi connectivity index (χ2n) is 6.68. The second kappa shape index (κ2) is 7.82. The maximum absolute atomic E-state index is 12.6. The third-order valence-corrected chi connectivity index (χ3v) is 4.99. The van der Waals surface area contributed by atoms with Gasteiger partial charge < -0.3 is 9.84 Å². The van der Waals surface area contributed by atoms with E-state index < -0.39 is 0 Å². The SMILES string of the molecule is CCC(C(=O)Nc1cc(C)on1)N1CCC(c2cnn(CC)c2)CC1. The molecular weight excluding hydrogens is 318 g/mol. The minimum atomic E-state index is -0.128. The molecule has 1 aliphatic heterocycles. The number of hydrogen-bond acceptors (Lipinski definition) is 5. The molecule has 2 aromatic rings. The fraction of sp³-hybridized carbons (Fsp3) is 0.611. The van der Waals surface area contributed by atoms with Crippen molar-refractivity contribution in [2.75, 3.05) is 18.4 Å². The predicted molar refractivity (Wildman–Crippen MR) is 95.4 cm³/mol. The Morgan fingerprint density at radius 2 is 2.16 bits per heavy atom. The average Bonchev–Trinajstić information content (AvgIpc) is 3.25. The van der Waals surface area contributed by atoms with Crippen LogP contribution in [0.1, 0.15) is 50.4 Å². The molecule has 1 fully saturated rings. The van der Waals surface area contributed by atoms with E-state index in [9.17, 15) is 4.79 Å². The van der Waals surface area contributed by atoms with E-state index in [4.69, 9.17) is 4.52 Å². The number of piperidine rings is 1. The Kier molecular flexibility index (Phi) is 5.53. The number of carbonyl (C=O) groups excluding carboxylic acids is 1. The van der Waals surface area contributed by atoms with E-state index in [0.29, 0.717) is 17.5 Å². The molecular formula is C18H27N5O2. The molecule has 25 heavy (non-hydrogen) atoms. The van der Waals surface area contributed by atoms with Crippen LogP contribution in [0.5, 0.6) is 0 Å². The number of likely N-dealkylation sites (tertiary alicyclic amines) is 1. The molecule has 7 nitrogen and oxygen atoms in total. The first kappa shape index (κ1) is 17.7. The van der Waals surface area contributed by atoms with Crippen LogP contribution in [0.4, 0.5) is 5.82 Å². The Bertz CT molecular complexity index is 700. The zero-order valence-corrected chi connectivity index (χ0v) is 15.2. The maximum Gasteiger partial charge on any atom is 0.242 e. The summed E-state index contributed by atoms with van der Waals surface area (Å²) in [6.07, 6.45) is 7.03. The van der Waals surface area contributed by atoms with E-state index in [1.165, 1.54) is 5.56 Å². The summed E-state index contributed by atoms with van der Waals surface area (Å²) in [4.78, 5) is 14.9. The van der Waals surface area contributed by atoms with Crippen LogP contribution in [0.3, 0.4) is 0 Å². The van der Waals surface area contributed by atoms with Gasteiger partial charge in [-0.05, 0) is 57.7 Å². The van der Waals surface area contributed by atoms with Gasteiger partial charge in [0.25, 0.3) is 0 Å². The minimum Gasteiger partial charge on any atom is -0.360 e. The van der Waals surface area contributed by atoms with Crippen LogP contribution in [0, 0.1) is 6.92 Å². The predicted octanol–water partition coefficient (Wildman–Crippen LogP) is 2.80. The zero-order chi connectivity index (χ0) is 17.8. The first-order valence-electron chi connectivity index (χ1n) is 9.11. The molecule has 3 heterocycles. The van der Waals surface area contributed by atoms with Crippen LogP contribution in [0.25, 0.3) is 0 Å². The van der Waals surface area contributed by atoms with Crippen molar-refractivity contribution in [2.24, 2.45) is 0 Å². The van der Waals surface area contributed by atoms with E-state index in [1.54, 1.807) is 6.07 Å². The molecule has 1 atom stereocenters. The molecule has 0 bridgehead atoms. The molecule has 2 aromatic heterocycles. The molecule has 7 heteroatoms. The smallest absolute Gasteiger partial charge is 0.242 e. The van der Waals surface area contributed by atoms with Gasteiger partial charge >= 0.3 is 0 Å². The highest BCUT2D eigenvalue weighted by molar-refractivity contribution is 5.94. The number of nitrogens with one attached hydrogen (secondary N) is 1. The van der Waals surface area contributed by atoms with Crippen molar-refractivity contribution in [1.82, 2.24) is 19.8 Å². The van der Waals surface area contributed by atoms with Crippen LogP contribution in [0.2, 0.25) is 0 Å². The summed E-state index contributed by atoms with van der Waals surface area (Å²) in [5, 5.41) is 11.1. The van der Waals surface area contributed by atoms with Gasteiger partial charge in [0.05, 0.1) is 12.2 Å². The molecule has 1 aliphatic rings. The lowest BCUT2D eigenvalue weighted by Gasteiger charge is -2.36. The summed E-state index contributed by atoms with van der Waals surface area (Å²) in [5.41, 5.74) is 1.32. The molecule has 136 valence electrons. The fourth-order valence-electron chi connectivity index (χ4n) is 3.55. The van der Waals surface area contributed by atoms with Crippen molar-refractivity contribution in [1.29, 1.82) is 0 Å². The molecule has 3 rings (SSSR count). The first-order chi connectivity index (χ1) is 12.1. The molecule has 0 aromatic carbocycles. The molecule has 0 spiro atoms. The topological polar surface area (TPSA) is 76.2 Å². The van der Waals surface area contributed by atoms with Gasteiger partial charge in [-0.2, -0.15) is 5.10 Å². The Morgan fingerprint density at radius 1 is 1.40 bits per heavy atom. The highest BCUT2D eigenvalue weighted by atomic mass is 16.5. The molecule has 1 amide bonds. The van der Waals surface area contributed by atoms with Crippen molar-refractivity contribution < 1.29 is 9.32 Å². The monoisotopic (exact) mass is 345 g/mol. The Balaban J connectivity index is 1.57. The summed E-state index contributed by atoms with van der Waals surface area (Å²) < 4.78 is 6.99. The van der Waals surface area contributed by atoms with Crippen molar-refractivity contribution in [3.05, 3.63) is 29.8 Å². The normalized spacial score (nSPS) is 17.6. The Morgan fingerprint density at radius 3 is 2.72 bits per heavy atom. The van der Waals surface area contributed by atoms with Gasteiger partial charge in [-0.1, -0.05) is 12.1 Å². The number of anilines is 1. The van der Waals surface area contributed by atoms with Crippen LogP contribution >= 0.6 is 0 Å². The minimum absolute atomic E-state index is 0.00643. The van der Waals surface area contributed by atoms with Gasteiger partial charge in [0.2, 0.25) is 5.91 Å².